The molecule has 2 aromatic heterocycles. The molecule has 28 heavy (non-hydrogen) atoms. The second-order valence-electron chi connectivity index (χ2n) is 8.18. The zero-order chi connectivity index (χ0) is 20.1. The molecule has 0 amide bonds. The van der Waals surface area contributed by atoms with Gasteiger partial charge < -0.3 is 4.90 Å². The highest BCUT2D eigenvalue weighted by Crippen LogP contribution is 2.33. The molecule has 1 aliphatic heterocycles. The van der Waals surface area contributed by atoms with Crippen LogP contribution in [0.5, 0.6) is 0 Å². The molecule has 1 aliphatic rings. The first-order valence-electron chi connectivity index (χ1n) is 9.11. The Labute approximate surface area is 166 Å². The minimum Gasteiger partial charge on any atom is -0.348 e. The van der Waals surface area contributed by atoms with Crippen molar-refractivity contribution in [1.29, 1.82) is 0 Å². The fraction of sp³-hybridized carbons (Fsp3) is 0.474. The van der Waals surface area contributed by atoms with Crippen molar-refractivity contribution < 1.29 is 8.78 Å². The zero-order valence-electron chi connectivity index (χ0n) is 16.0. The van der Waals surface area contributed by atoms with Crippen molar-refractivity contribution >= 4 is 28.6 Å². The summed E-state index contributed by atoms with van der Waals surface area (Å²) in [5.41, 5.74) is 1.44. The molecule has 6 nitrogen and oxygen atoms in total. The van der Waals surface area contributed by atoms with Crippen LogP contribution in [0.4, 0.5) is 14.6 Å². The third-order valence-corrected chi connectivity index (χ3v) is 4.86. The molecular formula is C19H21ClF2N6. The van der Waals surface area contributed by atoms with Gasteiger partial charge in [0.05, 0.1) is 13.1 Å². The van der Waals surface area contributed by atoms with Gasteiger partial charge in [0, 0.05) is 23.4 Å². The minimum atomic E-state index is -2.73. The van der Waals surface area contributed by atoms with Gasteiger partial charge in [-0.3, -0.25) is 0 Å². The number of halogens is 3. The van der Waals surface area contributed by atoms with E-state index in [0.717, 1.165) is 5.56 Å². The van der Waals surface area contributed by atoms with Gasteiger partial charge in [-0.05, 0) is 17.7 Å². The summed E-state index contributed by atoms with van der Waals surface area (Å²) >= 11 is 6.05. The summed E-state index contributed by atoms with van der Waals surface area (Å²) in [7, 11) is 0. The molecule has 0 unspecified atom stereocenters. The average Bonchev–Trinajstić information content (AvgIpc) is 3.15. The molecule has 1 aromatic carbocycles. The molecule has 9 heteroatoms. The number of alkyl halides is 2. The Morgan fingerprint density at radius 1 is 1.18 bits per heavy atom. The molecule has 1 fully saturated rings. The quantitative estimate of drug-likeness (QED) is 0.656. The topological polar surface area (TPSA) is 59.7 Å². The molecule has 0 aliphatic carbocycles. The van der Waals surface area contributed by atoms with Gasteiger partial charge in [0.25, 0.3) is 5.92 Å². The largest absolute Gasteiger partial charge is 0.348 e. The van der Waals surface area contributed by atoms with Gasteiger partial charge in [0.2, 0.25) is 5.65 Å². The lowest BCUT2D eigenvalue weighted by Crippen LogP contribution is -2.27. The maximum atomic E-state index is 13.8. The van der Waals surface area contributed by atoms with Crippen LogP contribution in [0.3, 0.4) is 0 Å². The Morgan fingerprint density at radius 3 is 2.61 bits per heavy atom. The van der Waals surface area contributed by atoms with Crippen molar-refractivity contribution in [3.05, 3.63) is 40.7 Å². The lowest BCUT2D eigenvalue weighted by atomic mass is 9.96. The highest BCUT2D eigenvalue weighted by molar-refractivity contribution is 6.30. The van der Waals surface area contributed by atoms with Crippen molar-refractivity contribution in [3.8, 4) is 0 Å². The predicted molar refractivity (Wildman–Crippen MR) is 104 cm³/mol. The van der Waals surface area contributed by atoms with Crippen LogP contribution in [0.1, 0.15) is 38.6 Å². The van der Waals surface area contributed by atoms with Crippen LogP contribution in [0, 0.1) is 0 Å². The van der Waals surface area contributed by atoms with E-state index in [-0.39, 0.29) is 24.9 Å². The van der Waals surface area contributed by atoms with Crippen LogP contribution in [-0.4, -0.2) is 44.0 Å². The van der Waals surface area contributed by atoms with E-state index < -0.39 is 5.92 Å². The monoisotopic (exact) mass is 406 g/mol. The summed E-state index contributed by atoms with van der Waals surface area (Å²) in [6.07, 6.45) is -0.194. The molecule has 148 valence electrons. The zero-order valence-corrected chi connectivity index (χ0v) is 16.7. The van der Waals surface area contributed by atoms with Crippen LogP contribution >= 0.6 is 11.6 Å². The summed E-state index contributed by atoms with van der Waals surface area (Å²) < 4.78 is 27.6. The van der Waals surface area contributed by atoms with Gasteiger partial charge in [-0.1, -0.05) is 44.5 Å². The lowest BCUT2D eigenvalue weighted by molar-refractivity contribution is 0.0257. The van der Waals surface area contributed by atoms with Crippen molar-refractivity contribution in [2.45, 2.75) is 45.1 Å². The standard InChI is InChI=1S/C19H21ClF2N6/c1-18(2,3)17-23-15-14(16(24-17)27-8-7-19(21,22)11-27)25-28(26-15)10-12-5-4-6-13(20)9-12/h4-6,9H,7-8,10-11H2,1-3H3. The van der Waals surface area contributed by atoms with E-state index in [4.69, 9.17) is 11.6 Å². The lowest BCUT2D eigenvalue weighted by Gasteiger charge is -2.21. The number of hydrogen-bond donors (Lipinski definition) is 0. The highest BCUT2D eigenvalue weighted by atomic mass is 35.5. The van der Waals surface area contributed by atoms with Crippen molar-refractivity contribution in [2.24, 2.45) is 0 Å². The summed E-state index contributed by atoms with van der Waals surface area (Å²) in [6.45, 7) is 6.19. The Balaban J connectivity index is 1.78. The van der Waals surface area contributed by atoms with Crippen molar-refractivity contribution in [1.82, 2.24) is 25.0 Å². The normalized spacial score (nSPS) is 16.9. The van der Waals surface area contributed by atoms with E-state index in [0.29, 0.717) is 34.4 Å². The molecule has 3 aromatic rings. The van der Waals surface area contributed by atoms with Gasteiger partial charge in [-0.15, -0.1) is 10.2 Å². The molecule has 0 N–H and O–H groups in total. The van der Waals surface area contributed by atoms with E-state index >= 15 is 0 Å². The average molecular weight is 407 g/mol. The molecular weight excluding hydrogens is 386 g/mol. The maximum Gasteiger partial charge on any atom is 0.266 e. The fourth-order valence-electron chi connectivity index (χ4n) is 3.18. The Morgan fingerprint density at radius 2 is 1.96 bits per heavy atom. The first-order valence-corrected chi connectivity index (χ1v) is 9.49. The van der Waals surface area contributed by atoms with Crippen molar-refractivity contribution in [2.75, 3.05) is 18.0 Å². The van der Waals surface area contributed by atoms with E-state index in [9.17, 15) is 8.78 Å². The Bertz CT molecular complexity index is 1030. The molecule has 1 saturated heterocycles. The number of nitrogens with zero attached hydrogens (tertiary/aromatic N) is 6. The molecule has 0 saturated carbocycles. The van der Waals surface area contributed by atoms with Gasteiger partial charge in [0.1, 0.15) is 5.82 Å². The summed E-state index contributed by atoms with van der Waals surface area (Å²) in [4.78, 5) is 12.2. The van der Waals surface area contributed by atoms with Crippen LogP contribution in [-0.2, 0) is 12.0 Å². The minimum absolute atomic E-state index is 0.194. The maximum absolute atomic E-state index is 13.8. The number of rotatable bonds is 3. The number of benzene rings is 1. The van der Waals surface area contributed by atoms with E-state index in [1.807, 2.05) is 39.0 Å². The number of aromatic nitrogens is 5. The summed E-state index contributed by atoms with van der Waals surface area (Å²) in [5, 5.41) is 9.61. The van der Waals surface area contributed by atoms with Crippen molar-refractivity contribution in [3.63, 3.8) is 0 Å². The number of hydrogen-bond acceptors (Lipinski definition) is 5. The van der Waals surface area contributed by atoms with E-state index in [1.54, 1.807) is 11.0 Å². The summed E-state index contributed by atoms with van der Waals surface area (Å²) in [5.74, 6) is -1.75. The van der Waals surface area contributed by atoms with Crippen LogP contribution in [0.15, 0.2) is 24.3 Å². The smallest absolute Gasteiger partial charge is 0.266 e. The first-order chi connectivity index (χ1) is 13.1. The van der Waals surface area contributed by atoms with Crippen LogP contribution < -0.4 is 4.90 Å². The fourth-order valence-corrected chi connectivity index (χ4v) is 3.39. The third kappa shape index (κ3) is 3.78. The highest BCUT2D eigenvalue weighted by Gasteiger charge is 2.40. The molecule has 0 radical (unpaired) electrons. The number of fused-ring (bicyclic) bond motifs is 1. The molecule has 0 atom stereocenters. The van der Waals surface area contributed by atoms with Crippen LogP contribution in [0.25, 0.3) is 11.2 Å². The second kappa shape index (κ2) is 6.62. The van der Waals surface area contributed by atoms with E-state index in [2.05, 4.69) is 20.2 Å². The second-order valence-corrected chi connectivity index (χ2v) is 8.62. The molecule has 0 bridgehead atoms. The van der Waals surface area contributed by atoms with Crippen LogP contribution in [0.2, 0.25) is 5.02 Å². The van der Waals surface area contributed by atoms with Gasteiger partial charge in [-0.2, -0.15) is 4.80 Å². The molecule has 3 heterocycles. The molecule has 4 rings (SSSR count). The Hall–Kier alpha value is -2.35. The van der Waals surface area contributed by atoms with Gasteiger partial charge in [0.15, 0.2) is 11.3 Å². The summed E-state index contributed by atoms with van der Waals surface area (Å²) in [6, 6.07) is 7.42. The predicted octanol–water partition coefficient (Wildman–Crippen LogP) is 4.07. The Kier molecular flexibility index (Phi) is 4.49. The third-order valence-electron chi connectivity index (χ3n) is 4.63. The molecule has 0 spiro atoms. The van der Waals surface area contributed by atoms with Gasteiger partial charge >= 0.3 is 0 Å². The van der Waals surface area contributed by atoms with E-state index in [1.165, 1.54) is 4.80 Å². The number of anilines is 1. The first kappa shape index (κ1) is 19.0. The van der Waals surface area contributed by atoms with Gasteiger partial charge in [-0.25, -0.2) is 18.7 Å². The SMILES string of the molecule is CC(C)(C)c1nc(N2CCC(F)(F)C2)c2nn(Cc3cccc(Cl)c3)nc2n1.